The molecule has 0 heterocycles. The number of rotatable bonds is 6. The van der Waals surface area contributed by atoms with Gasteiger partial charge in [-0.05, 0) is 31.2 Å². The topological polar surface area (TPSA) is 36.3 Å². The number of halogens is 1. The number of hydrogen-bond donors (Lipinski definition) is 0. The number of nitriles is 1. The van der Waals surface area contributed by atoms with Crippen LogP contribution in [0.3, 0.4) is 0 Å². The molecule has 0 N–H and O–H groups in total. The summed E-state index contributed by atoms with van der Waals surface area (Å²) in [6, 6.07) is 8.08. The minimum absolute atomic E-state index is 0.0868. The van der Waals surface area contributed by atoms with Crippen molar-refractivity contribution in [1.29, 1.82) is 5.26 Å². The zero-order chi connectivity index (χ0) is 13.5. The van der Waals surface area contributed by atoms with Gasteiger partial charge in [0.1, 0.15) is 5.75 Å². The average molecular weight is 267 g/mol. The van der Waals surface area contributed by atoms with E-state index in [1.54, 1.807) is 7.11 Å². The number of methoxy groups -OCH3 is 1. The van der Waals surface area contributed by atoms with E-state index in [1.807, 2.05) is 32.2 Å². The lowest BCUT2D eigenvalue weighted by molar-refractivity contribution is 0.292. The van der Waals surface area contributed by atoms with Gasteiger partial charge in [-0.15, -0.1) is 0 Å². The first kappa shape index (κ1) is 14.8. The van der Waals surface area contributed by atoms with Crippen LogP contribution in [0.1, 0.15) is 18.9 Å². The second-order valence-corrected chi connectivity index (χ2v) is 4.81. The Morgan fingerprint density at radius 1 is 1.50 bits per heavy atom. The van der Waals surface area contributed by atoms with Crippen LogP contribution in [0.5, 0.6) is 5.75 Å². The number of benzene rings is 1. The van der Waals surface area contributed by atoms with E-state index >= 15 is 0 Å². The Balaban J connectivity index is 2.62. The van der Waals surface area contributed by atoms with E-state index in [1.165, 1.54) is 0 Å². The smallest absolute Gasteiger partial charge is 0.137 e. The normalized spacial score (nSPS) is 12.2. The van der Waals surface area contributed by atoms with Gasteiger partial charge in [0, 0.05) is 13.1 Å². The second kappa shape index (κ2) is 7.25. The van der Waals surface area contributed by atoms with Gasteiger partial charge < -0.3 is 9.64 Å². The summed E-state index contributed by atoms with van der Waals surface area (Å²) < 4.78 is 5.12. The third-order valence-corrected chi connectivity index (χ3v) is 3.17. The molecule has 0 bridgehead atoms. The van der Waals surface area contributed by atoms with E-state index in [0.717, 1.165) is 25.1 Å². The number of nitrogens with zero attached hydrogens (tertiary/aromatic N) is 2. The van der Waals surface area contributed by atoms with Crippen LogP contribution in [0, 0.1) is 17.2 Å². The summed E-state index contributed by atoms with van der Waals surface area (Å²) in [5, 5.41) is 9.56. The Kier molecular flexibility index (Phi) is 5.97. The highest BCUT2D eigenvalue weighted by Crippen LogP contribution is 2.25. The highest BCUT2D eigenvalue weighted by atomic mass is 35.5. The molecule has 0 spiro atoms. The molecule has 0 aliphatic carbocycles. The summed E-state index contributed by atoms with van der Waals surface area (Å²) in [6.45, 7) is 3.59. The zero-order valence-corrected chi connectivity index (χ0v) is 11.9. The lowest BCUT2D eigenvalue weighted by atomic mass is 10.1. The maximum absolute atomic E-state index is 8.94. The average Bonchev–Trinajstić information content (AvgIpc) is 2.36. The van der Waals surface area contributed by atoms with Crippen molar-refractivity contribution in [1.82, 2.24) is 4.90 Å². The van der Waals surface area contributed by atoms with Gasteiger partial charge in [-0.1, -0.05) is 24.6 Å². The molecule has 0 saturated heterocycles. The zero-order valence-electron chi connectivity index (χ0n) is 11.1. The van der Waals surface area contributed by atoms with Crippen molar-refractivity contribution < 1.29 is 4.74 Å². The van der Waals surface area contributed by atoms with Crippen LogP contribution >= 0.6 is 11.6 Å². The van der Waals surface area contributed by atoms with Crippen molar-refractivity contribution >= 4 is 11.6 Å². The molecule has 1 atom stereocenters. The predicted molar refractivity (Wildman–Crippen MR) is 73.7 cm³/mol. The van der Waals surface area contributed by atoms with E-state index < -0.39 is 0 Å². The van der Waals surface area contributed by atoms with Crippen LogP contribution in [-0.2, 0) is 6.54 Å². The molecule has 0 aromatic heterocycles. The molecule has 0 amide bonds. The standard InChI is InChI=1S/C14H19ClN2O/c1-4-11(8-16)9-17(2)10-12-5-6-14(18-3)13(15)7-12/h5-7,11H,4,9-10H2,1-3H3. The van der Waals surface area contributed by atoms with Crippen molar-refractivity contribution in [2.24, 2.45) is 5.92 Å². The van der Waals surface area contributed by atoms with E-state index in [9.17, 15) is 0 Å². The van der Waals surface area contributed by atoms with Gasteiger partial charge in [0.05, 0.1) is 24.1 Å². The molecule has 1 aromatic rings. The molecule has 1 aromatic carbocycles. The van der Waals surface area contributed by atoms with Crippen molar-refractivity contribution in [3.63, 3.8) is 0 Å². The summed E-state index contributed by atoms with van der Waals surface area (Å²) in [5.74, 6) is 0.773. The molecule has 0 fully saturated rings. The maximum Gasteiger partial charge on any atom is 0.137 e. The van der Waals surface area contributed by atoms with Gasteiger partial charge in [-0.2, -0.15) is 5.26 Å². The van der Waals surface area contributed by atoms with Crippen molar-refractivity contribution in [3.05, 3.63) is 28.8 Å². The monoisotopic (exact) mass is 266 g/mol. The Bertz CT molecular complexity index is 428. The minimum atomic E-state index is 0.0868. The molecule has 0 aliphatic rings. The van der Waals surface area contributed by atoms with Crippen LogP contribution in [0.25, 0.3) is 0 Å². The Morgan fingerprint density at radius 2 is 2.22 bits per heavy atom. The second-order valence-electron chi connectivity index (χ2n) is 4.40. The summed E-state index contributed by atoms with van der Waals surface area (Å²) in [4.78, 5) is 2.13. The summed E-state index contributed by atoms with van der Waals surface area (Å²) in [7, 11) is 3.61. The fourth-order valence-electron chi connectivity index (χ4n) is 1.82. The van der Waals surface area contributed by atoms with Gasteiger partial charge in [0.2, 0.25) is 0 Å². The molecule has 0 saturated carbocycles. The Hall–Kier alpha value is -1.24. The van der Waals surface area contributed by atoms with E-state index in [-0.39, 0.29) is 5.92 Å². The van der Waals surface area contributed by atoms with Gasteiger partial charge in [-0.3, -0.25) is 0 Å². The molecular weight excluding hydrogens is 248 g/mol. The van der Waals surface area contributed by atoms with E-state index in [4.69, 9.17) is 21.6 Å². The molecule has 1 rings (SSSR count). The van der Waals surface area contributed by atoms with Gasteiger partial charge in [-0.25, -0.2) is 0 Å². The maximum atomic E-state index is 8.94. The minimum Gasteiger partial charge on any atom is -0.495 e. The lowest BCUT2D eigenvalue weighted by Gasteiger charge is -2.19. The largest absolute Gasteiger partial charge is 0.495 e. The van der Waals surface area contributed by atoms with Gasteiger partial charge >= 0.3 is 0 Å². The van der Waals surface area contributed by atoms with Crippen LogP contribution < -0.4 is 4.74 Å². The first-order chi connectivity index (χ1) is 8.60. The molecule has 1 unspecified atom stereocenters. The first-order valence-electron chi connectivity index (χ1n) is 6.01. The lowest BCUT2D eigenvalue weighted by Crippen LogP contribution is -2.24. The number of hydrogen-bond acceptors (Lipinski definition) is 3. The van der Waals surface area contributed by atoms with E-state index in [0.29, 0.717) is 10.8 Å². The van der Waals surface area contributed by atoms with Crippen LogP contribution in [-0.4, -0.2) is 25.6 Å². The molecular formula is C14H19ClN2O. The van der Waals surface area contributed by atoms with Gasteiger partial charge in [0.15, 0.2) is 0 Å². The van der Waals surface area contributed by atoms with E-state index in [2.05, 4.69) is 11.0 Å². The summed E-state index contributed by atoms with van der Waals surface area (Å²) in [5.41, 5.74) is 1.12. The third-order valence-electron chi connectivity index (χ3n) is 2.88. The van der Waals surface area contributed by atoms with Crippen molar-refractivity contribution in [2.75, 3.05) is 20.7 Å². The molecule has 98 valence electrons. The quantitative estimate of drug-likeness (QED) is 0.792. The third kappa shape index (κ3) is 4.21. The molecule has 18 heavy (non-hydrogen) atoms. The van der Waals surface area contributed by atoms with Crippen molar-refractivity contribution in [2.45, 2.75) is 19.9 Å². The van der Waals surface area contributed by atoms with Gasteiger partial charge in [0.25, 0.3) is 0 Å². The first-order valence-corrected chi connectivity index (χ1v) is 6.39. The molecule has 0 radical (unpaired) electrons. The highest BCUT2D eigenvalue weighted by molar-refractivity contribution is 6.32. The SMILES string of the molecule is CCC(C#N)CN(C)Cc1ccc(OC)c(Cl)c1. The molecule has 0 aliphatic heterocycles. The van der Waals surface area contributed by atoms with Crippen molar-refractivity contribution in [3.8, 4) is 11.8 Å². The summed E-state index contributed by atoms with van der Waals surface area (Å²) >= 11 is 6.08. The van der Waals surface area contributed by atoms with Crippen LogP contribution in [0.15, 0.2) is 18.2 Å². The fraction of sp³-hybridized carbons (Fsp3) is 0.500. The van der Waals surface area contributed by atoms with Crippen LogP contribution in [0.4, 0.5) is 0 Å². The predicted octanol–water partition coefficient (Wildman–Crippen LogP) is 3.33. The summed E-state index contributed by atoms with van der Waals surface area (Å²) in [6.07, 6.45) is 0.879. The Labute approximate surface area is 114 Å². The molecule has 4 heteroatoms. The fourth-order valence-corrected chi connectivity index (χ4v) is 2.10. The highest BCUT2D eigenvalue weighted by Gasteiger charge is 2.10. The number of ether oxygens (including phenoxy) is 1. The Morgan fingerprint density at radius 3 is 2.72 bits per heavy atom. The molecule has 3 nitrogen and oxygen atoms in total. The van der Waals surface area contributed by atoms with Crippen LogP contribution in [0.2, 0.25) is 5.02 Å².